The van der Waals surface area contributed by atoms with Crippen molar-refractivity contribution >= 4 is 23.0 Å². The molecule has 0 saturated heterocycles. The van der Waals surface area contributed by atoms with Crippen molar-refractivity contribution in [2.75, 3.05) is 20.8 Å². The zero-order valence-corrected chi connectivity index (χ0v) is 19.2. The lowest BCUT2D eigenvalue weighted by Crippen LogP contribution is -2.23. The van der Waals surface area contributed by atoms with Gasteiger partial charge in [-0.3, -0.25) is 4.79 Å². The molecule has 0 spiro atoms. The van der Waals surface area contributed by atoms with Crippen LogP contribution in [0, 0.1) is 0 Å². The Morgan fingerprint density at radius 3 is 2.50 bits per heavy atom. The fourth-order valence-electron chi connectivity index (χ4n) is 3.65. The Hall–Kier alpha value is -4.19. The van der Waals surface area contributed by atoms with Gasteiger partial charge in [-0.05, 0) is 54.0 Å². The predicted molar refractivity (Wildman–Crippen MR) is 132 cm³/mol. The Morgan fingerprint density at radius 1 is 0.912 bits per heavy atom. The maximum atomic E-state index is 12.3. The third-order valence-corrected chi connectivity index (χ3v) is 5.42. The summed E-state index contributed by atoms with van der Waals surface area (Å²) in [7, 11) is 3.24. The fraction of sp³-hybridized carbons (Fsp3) is 0.179. The largest absolute Gasteiger partial charge is 0.496 e. The van der Waals surface area contributed by atoms with Gasteiger partial charge in [0.05, 0.1) is 25.9 Å². The smallest absolute Gasteiger partial charge is 0.244 e. The summed E-state index contributed by atoms with van der Waals surface area (Å²) in [6, 6.07) is 21.3. The second-order valence-electron chi connectivity index (χ2n) is 7.65. The summed E-state index contributed by atoms with van der Waals surface area (Å²) in [6.45, 7) is 0.947. The molecule has 1 heterocycles. The van der Waals surface area contributed by atoms with Gasteiger partial charge in [0.15, 0.2) is 11.5 Å². The van der Waals surface area contributed by atoms with Crippen LogP contribution in [0.3, 0.4) is 0 Å². The number of nitrogens with one attached hydrogen (secondary N) is 1. The SMILES string of the molecule is COc1ccc(CCNC(=O)C=Cc2ccc(OC)c3ccoc23)cc1OCc1ccccc1. The van der Waals surface area contributed by atoms with Crippen molar-refractivity contribution < 1.29 is 23.4 Å². The first-order valence-corrected chi connectivity index (χ1v) is 11.0. The molecule has 0 aliphatic heterocycles. The quantitative estimate of drug-likeness (QED) is 0.323. The van der Waals surface area contributed by atoms with Crippen molar-refractivity contribution in [1.82, 2.24) is 5.32 Å². The van der Waals surface area contributed by atoms with E-state index in [-0.39, 0.29) is 5.91 Å². The molecule has 0 atom stereocenters. The van der Waals surface area contributed by atoms with Crippen LogP contribution in [0.25, 0.3) is 17.0 Å². The van der Waals surface area contributed by atoms with Crippen LogP contribution in [-0.4, -0.2) is 26.7 Å². The van der Waals surface area contributed by atoms with Gasteiger partial charge in [-0.2, -0.15) is 0 Å². The highest BCUT2D eigenvalue weighted by Crippen LogP contribution is 2.30. The van der Waals surface area contributed by atoms with Gasteiger partial charge in [0.1, 0.15) is 17.9 Å². The van der Waals surface area contributed by atoms with E-state index >= 15 is 0 Å². The number of methoxy groups -OCH3 is 2. The predicted octanol–water partition coefficient (Wildman–Crippen LogP) is 5.40. The van der Waals surface area contributed by atoms with E-state index in [9.17, 15) is 4.79 Å². The molecule has 4 rings (SSSR count). The summed E-state index contributed by atoms with van der Waals surface area (Å²) in [5.41, 5.74) is 3.62. The Labute approximate surface area is 198 Å². The van der Waals surface area contributed by atoms with E-state index in [0.29, 0.717) is 36.7 Å². The number of hydrogen-bond acceptors (Lipinski definition) is 5. The minimum Gasteiger partial charge on any atom is -0.496 e. The van der Waals surface area contributed by atoms with Gasteiger partial charge in [-0.15, -0.1) is 0 Å². The van der Waals surface area contributed by atoms with E-state index in [1.807, 2.05) is 66.7 Å². The maximum absolute atomic E-state index is 12.3. The van der Waals surface area contributed by atoms with Crippen LogP contribution >= 0.6 is 0 Å². The van der Waals surface area contributed by atoms with E-state index in [0.717, 1.165) is 27.8 Å². The lowest BCUT2D eigenvalue weighted by Gasteiger charge is -2.12. The Kier molecular flexibility index (Phi) is 7.50. The summed E-state index contributed by atoms with van der Waals surface area (Å²) >= 11 is 0. The van der Waals surface area contributed by atoms with Crippen LogP contribution in [0.1, 0.15) is 16.7 Å². The highest BCUT2D eigenvalue weighted by molar-refractivity contribution is 5.96. The molecule has 6 nitrogen and oxygen atoms in total. The summed E-state index contributed by atoms with van der Waals surface area (Å²) in [5.74, 6) is 1.91. The van der Waals surface area contributed by atoms with Gasteiger partial charge < -0.3 is 23.9 Å². The average Bonchev–Trinajstić information content (AvgIpc) is 3.37. The van der Waals surface area contributed by atoms with Crippen molar-refractivity contribution in [1.29, 1.82) is 0 Å². The fourth-order valence-corrected chi connectivity index (χ4v) is 3.65. The average molecular weight is 458 g/mol. The van der Waals surface area contributed by atoms with E-state index in [4.69, 9.17) is 18.6 Å². The second kappa shape index (κ2) is 11.1. The second-order valence-corrected chi connectivity index (χ2v) is 7.65. The maximum Gasteiger partial charge on any atom is 0.244 e. The third-order valence-electron chi connectivity index (χ3n) is 5.42. The van der Waals surface area contributed by atoms with Gasteiger partial charge in [-0.25, -0.2) is 0 Å². The van der Waals surface area contributed by atoms with Crippen molar-refractivity contribution in [2.45, 2.75) is 13.0 Å². The molecule has 1 N–H and O–H groups in total. The van der Waals surface area contributed by atoms with Gasteiger partial charge >= 0.3 is 0 Å². The van der Waals surface area contributed by atoms with E-state index < -0.39 is 0 Å². The molecule has 0 aliphatic carbocycles. The number of furan rings is 1. The molecular formula is C28H27NO5. The molecule has 1 aromatic heterocycles. The minimum atomic E-state index is -0.176. The van der Waals surface area contributed by atoms with Crippen molar-refractivity contribution in [3.8, 4) is 17.2 Å². The Balaban J connectivity index is 1.33. The lowest BCUT2D eigenvalue weighted by atomic mass is 10.1. The Morgan fingerprint density at radius 2 is 1.71 bits per heavy atom. The molecule has 0 saturated carbocycles. The van der Waals surface area contributed by atoms with Crippen LogP contribution in [0.15, 0.2) is 83.5 Å². The minimum absolute atomic E-state index is 0.176. The monoisotopic (exact) mass is 457 g/mol. The first-order valence-electron chi connectivity index (χ1n) is 11.0. The highest BCUT2D eigenvalue weighted by Gasteiger charge is 2.09. The van der Waals surface area contributed by atoms with Crippen molar-refractivity contribution in [3.05, 3.63) is 95.8 Å². The number of hydrogen-bond donors (Lipinski definition) is 1. The number of benzene rings is 3. The molecular weight excluding hydrogens is 430 g/mol. The molecule has 6 heteroatoms. The number of fused-ring (bicyclic) bond motifs is 1. The zero-order valence-electron chi connectivity index (χ0n) is 19.2. The standard InChI is InChI=1S/C28H27NO5/c1-31-24-12-9-22(28-23(24)15-17-33-28)10-13-27(30)29-16-14-20-8-11-25(32-2)26(18-20)34-19-21-6-4-3-5-7-21/h3-13,15,17-18H,14,16,19H2,1-2H3,(H,29,30). The number of ether oxygens (including phenoxy) is 3. The van der Waals surface area contributed by atoms with E-state index in [2.05, 4.69) is 5.32 Å². The van der Waals surface area contributed by atoms with Crippen LogP contribution < -0.4 is 19.5 Å². The van der Waals surface area contributed by atoms with Crippen LogP contribution in [0.2, 0.25) is 0 Å². The highest BCUT2D eigenvalue weighted by atomic mass is 16.5. The first-order chi connectivity index (χ1) is 16.7. The summed E-state index contributed by atoms with van der Waals surface area (Å²) in [5, 5.41) is 3.79. The normalized spacial score (nSPS) is 11.0. The number of carbonyl (C=O) groups excluding carboxylic acids is 1. The van der Waals surface area contributed by atoms with Gasteiger partial charge in [0.25, 0.3) is 0 Å². The third kappa shape index (κ3) is 5.59. The van der Waals surface area contributed by atoms with Crippen molar-refractivity contribution in [3.63, 3.8) is 0 Å². The molecule has 1 amide bonds. The molecule has 34 heavy (non-hydrogen) atoms. The van der Waals surface area contributed by atoms with E-state index in [1.54, 1.807) is 26.6 Å². The molecule has 0 bridgehead atoms. The number of carbonyl (C=O) groups is 1. The van der Waals surface area contributed by atoms with E-state index in [1.165, 1.54) is 6.08 Å². The first kappa shape index (κ1) is 23.0. The van der Waals surface area contributed by atoms with Gasteiger partial charge in [0.2, 0.25) is 5.91 Å². The number of amides is 1. The lowest BCUT2D eigenvalue weighted by molar-refractivity contribution is -0.116. The molecule has 0 unspecified atom stereocenters. The van der Waals surface area contributed by atoms with Crippen LogP contribution in [0.4, 0.5) is 0 Å². The van der Waals surface area contributed by atoms with Gasteiger partial charge in [0, 0.05) is 18.2 Å². The molecule has 0 fully saturated rings. The molecule has 0 aliphatic rings. The topological polar surface area (TPSA) is 69.9 Å². The zero-order chi connectivity index (χ0) is 23.8. The molecule has 174 valence electrons. The summed E-state index contributed by atoms with van der Waals surface area (Å²) in [6.07, 6.45) is 5.52. The Bertz CT molecular complexity index is 1280. The van der Waals surface area contributed by atoms with Gasteiger partial charge in [-0.1, -0.05) is 36.4 Å². The van der Waals surface area contributed by atoms with Crippen molar-refractivity contribution in [2.24, 2.45) is 0 Å². The number of rotatable bonds is 10. The molecule has 0 radical (unpaired) electrons. The summed E-state index contributed by atoms with van der Waals surface area (Å²) < 4.78 is 22.3. The molecule has 3 aromatic carbocycles. The molecule has 4 aromatic rings. The summed E-state index contributed by atoms with van der Waals surface area (Å²) in [4.78, 5) is 12.3. The van der Waals surface area contributed by atoms with Crippen LogP contribution in [0.5, 0.6) is 17.2 Å². The van der Waals surface area contributed by atoms with Crippen LogP contribution in [-0.2, 0) is 17.8 Å².